The van der Waals surface area contributed by atoms with Crippen LogP contribution in [0.4, 0.5) is 0 Å². The zero-order valence-corrected chi connectivity index (χ0v) is 4.85. The van der Waals surface area contributed by atoms with Gasteiger partial charge in [0.1, 0.15) is 0 Å². The minimum atomic E-state index is -0.887. The number of hydrogen-bond acceptors (Lipinski definition) is 4. The van der Waals surface area contributed by atoms with Gasteiger partial charge < -0.3 is 5.11 Å². The zero-order chi connectivity index (χ0) is 6.69. The van der Waals surface area contributed by atoms with E-state index in [9.17, 15) is 4.79 Å². The van der Waals surface area contributed by atoms with Crippen LogP contribution in [0.25, 0.3) is 0 Å². The molecule has 1 atom stereocenters. The summed E-state index contributed by atoms with van der Waals surface area (Å²) in [4.78, 5) is 10.2. The van der Waals surface area contributed by atoms with Crippen molar-refractivity contribution >= 4 is 5.97 Å². The van der Waals surface area contributed by atoms with E-state index in [0.717, 1.165) is 6.54 Å². The van der Waals surface area contributed by atoms with Crippen molar-refractivity contribution in [2.45, 2.75) is 6.17 Å². The standard InChI is InChI=1S/C4H9N3O2/c8-4(9)3-5-1-2-6-7-3/h3,5-7H,1-2H2,(H,8,9). The van der Waals surface area contributed by atoms with Crippen LogP contribution < -0.4 is 16.2 Å². The van der Waals surface area contributed by atoms with Gasteiger partial charge in [0.2, 0.25) is 0 Å². The summed E-state index contributed by atoms with van der Waals surface area (Å²) in [6.07, 6.45) is -0.640. The molecular weight excluding hydrogens is 122 g/mol. The summed E-state index contributed by atoms with van der Waals surface area (Å²) in [5.41, 5.74) is 5.28. The highest BCUT2D eigenvalue weighted by Gasteiger charge is 2.17. The van der Waals surface area contributed by atoms with Gasteiger partial charge >= 0.3 is 5.97 Å². The van der Waals surface area contributed by atoms with Gasteiger partial charge in [-0.3, -0.25) is 10.7 Å². The Morgan fingerprint density at radius 1 is 1.56 bits per heavy atom. The van der Waals surface area contributed by atoms with Gasteiger partial charge in [-0.25, -0.2) is 10.2 Å². The normalized spacial score (nSPS) is 27.8. The molecular formula is C4H9N3O2. The van der Waals surface area contributed by atoms with Crippen molar-refractivity contribution in [3.8, 4) is 0 Å². The molecule has 1 aliphatic rings. The van der Waals surface area contributed by atoms with Gasteiger partial charge in [-0.05, 0) is 0 Å². The molecule has 0 aromatic carbocycles. The first-order chi connectivity index (χ1) is 4.30. The molecule has 5 heteroatoms. The van der Waals surface area contributed by atoms with Crippen molar-refractivity contribution in [2.24, 2.45) is 0 Å². The van der Waals surface area contributed by atoms with Crippen LogP contribution in [0.15, 0.2) is 0 Å². The molecule has 1 aliphatic heterocycles. The van der Waals surface area contributed by atoms with E-state index in [4.69, 9.17) is 5.11 Å². The number of rotatable bonds is 1. The molecule has 0 amide bonds. The van der Waals surface area contributed by atoms with E-state index in [2.05, 4.69) is 16.2 Å². The molecule has 52 valence electrons. The summed E-state index contributed by atoms with van der Waals surface area (Å²) < 4.78 is 0. The van der Waals surface area contributed by atoms with Gasteiger partial charge in [0.05, 0.1) is 0 Å². The van der Waals surface area contributed by atoms with E-state index >= 15 is 0 Å². The van der Waals surface area contributed by atoms with Gasteiger partial charge in [0.15, 0.2) is 6.17 Å². The van der Waals surface area contributed by atoms with E-state index in [1.54, 1.807) is 0 Å². The van der Waals surface area contributed by atoms with Crippen molar-refractivity contribution in [3.63, 3.8) is 0 Å². The van der Waals surface area contributed by atoms with Crippen LogP contribution in [0, 0.1) is 0 Å². The first kappa shape index (κ1) is 6.47. The highest BCUT2D eigenvalue weighted by Crippen LogP contribution is 1.78. The summed E-state index contributed by atoms with van der Waals surface area (Å²) in [5, 5.41) is 11.1. The molecule has 0 aromatic rings. The molecule has 0 saturated carbocycles. The van der Waals surface area contributed by atoms with E-state index in [1.165, 1.54) is 0 Å². The van der Waals surface area contributed by atoms with Crippen molar-refractivity contribution in [1.82, 2.24) is 16.2 Å². The lowest BCUT2D eigenvalue weighted by molar-refractivity contribution is -0.141. The first-order valence-corrected chi connectivity index (χ1v) is 2.75. The Morgan fingerprint density at radius 2 is 2.33 bits per heavy atom. The maximum Gasteiger partial charge on any atom is 0.336 e. The van der Waals surface area contributed by atoms with Crippen molar-refractivity contribution in [2.75, 3.05) is 13.1 Å². The smallest absolute Gasteiger partial charge is 0.336 e. The summed E-state index contributed by atoms with van der Waals surface area (Å²) in [6.45, 7) is 1.44. The van der Waals surface area contributed by atoms with Crippen LogP contribution in [0.5, 0.6) is 0 Å². The number of hydrogen-bond donors (Lipinski definition) is 4. The number of carboxylic acids is 1. The third kappa shape index (κ3) is 1.63. The fourth-order valence-corrected chi connectivity index (χ4v) is 0.653. The molecule has 9 heavy (non-hydrogen) atoms. The fourth-order valence-electron chi connectivity index (χ4n) is 0.653. The molecule has 0 aromatic heterocycles. The van der Waals surface area contributed by atoms with Crippen molar-refractivity contribution < 1.29 is 9.90 Å². The van der Waals surface area contributed by atoms with Crippen LogP contribution in [-0.4, -0.2) is 30.3 Å². The minimum absolute atomic E-state index is 0.640. The van der Waals surface area contributed by atoms with Crippen LogP contribution in [0.2, 0.25) is 0 Å². The van der Waals surface area contributed by atoms with Gasteiger partial charge in [-0.1, -0.05) is 0 Å². The summed E-state index contributed by atoms with van der Waals surface area (Å²) in [7, 11) is 0. The molecule has 1 saturated heterocycles. The zero-order valence-electron chi connectivity index (χ0n) is 4.85. The van der Waals surface area contributed by atoms with E-state index in [1.807, 2.05) is 0 Å². The molecule has 1 heterocycles. The summed E-state index contributed by atoms with van der Waals surface area (Å²) in [5.74, 6) is -0.887. The molecule has 4 N–H and O–H groups in total. The van der Waals surface area contributed by atoms with E-state index in [-0.39, 0.29) is 0 Å². The Kier molecular flexibility index (Phi) is 1.99. The SMILES string of the molecule is O=C(O)C1NCCNN1. The predicted molar refractivity (Wildman–Crippen MR) is 30.6 cm³/mol. The molecule has 0 bridgehead atoms. The quantitative estimate of drug-likeness (QED) is 0.334. The minimum Gasteiger partial charge on any atom is -0.479 e. The molecule has 1 rings (SSSR count). The summed E-state index contributed by atoms with van der Waals surface area (Å²) in [6, 6.07) is 0. The second-order valence-corrected chi connectivity index (χ2v) is 1.80. The fraction of sp³-hybridized carbons (Fsp3) is 0.750. The first-order valence-electron chi connectivity index (χ1n) is 2.75. The van der Waals surface area contributed by atoms with Crippen LogP contribution in [0.3, 0.4) is 0 Å². The Balaban J connectivity index is 2.31. The predicted octanol–water partition coefficient (Wildman–Crippen LogP) is -1.91. The highest BCUT2D eigenvalue weighted by molar-refractivity contribution is 5.72. The average Bonchev–Trinajstić information content (AvgIpc) is 1.90. The topological polar surface area (TPSA) is 73.4 Å². The number of nitrogens with one attached hydrogen (secondary N) is 3. The second kappa shape index (κ2) is 2.77. The van der Waals surface area contributed by atoms with Crippen molar-refractivity contribution in [3.05, 3.63) is 0 Å². The second-order valence-electron chi connectivity index (χ2n) is 1.80. The Hall–Kier alpha value is -0.650. The third-order valence-electron chi connectivity index (χ3n) is 1.09. The van der Waals surface area contributed by atoms with Crippen molar-refractivity contribution in [1.29, 1.82) is 0 Å². The highest BCUT2D eigenvalue weighted by atomic mass is 16.4. The number of aliphatic carboxylic acids is 1. The Labute approximate surface area is 52.4 Å². The Bertz CT molecular complexity index is 110. The van der Waals surface area contributed by atoms with Gasteiger partial charge in [-0.15, -0.1) is 0 Å². The Morgan fingerprint density at radius 3 is 2.67 bits per heavy atom. The molecule has 1 fully saturated rings. The van der Waals surface area contributed by atoms with E-state index in [0.29, 0.717) is 6.54 Å². The van der Waals surface area contributed by atoms with Gasteiger partial charge in [-0.2, -0.15) is 0 Å². The van der Waals surface area contributed by atoms with Gasteiger partial charge in [0.25, 0.3) is 0 Å². The average molecular weight is 131 g/mol. The lowest BCUT2D eigenvalue weighted by atomic mass is 10.4. The third-order valence-corrected chi connectivity index (χ3v) is 1.09. The van der Waals surface area contributed by atoms with Crippen LogP contribution in [0.1, 0.15) is 0 Å². The number of carbonyl (C=O) groups is 1. The van der Waals surface area contributed by atoms with Crippen LogP contribution >= 0.6 is 0 Å². The van der Waals surface area contributed by atoms with E-state index < -0.39 is 12.1 Å². The number of carboxylic acid groups (broad SMARTS) is 1. The largest absolute Gasteiger partial charge is 0.479 e. The number of hydrazine groups is 1. The summed E-state index contributed by atoms with van der Waals surface area (Å²) >= 11 is 0. The molecule has 5 nitrogen and oxygen atoms in total. The maximum absolute atomic E-state index is 10.2. The molecule has 0 aliphatic carbocycles. The molecule has 0 spiro atoms. The van der Waals surface area contributed by atoms with Crippen LogP contribution in [-0.2, 0) is 4.79 Å². The lowest BCUT2D eigenvalue weighted by Gasteiger charge is -2.21. The van der Waals surface area contributed by atoms with Gasteiger partial charge in [0, 0.05) is 13.1 Å². The molecule has 1 unspecified atom stereocenters. The lowest BCUT2D eigenvalue weighted by Crippen LogP contribution is -2.60. The molecule has 0 radical (unpaired) electrons. The monoisotopic (exact) mass is 131 g/mol. The maximum atomic E-state index is 10.2.